The summed E-state index contributed by atoms with van der Waals surface area (Å²) in [6.45, 7) is 0. The molecule has 0 unspecified atom stereocenters. The molecular formula is C16H20FNO2. The fraction of sp³-hybridized carbons (Fsp3) is 0.438. The number of nitrogens with zero attached hydrogens (tertiary/aromatic N) is 1. The van der Waals surface area contributed by atoms with Crippen LogP contribution in [0, 0.1) is 5.82 Å². The molecule has 0 spiro atoms. The zero-order valence-corrected chi connectivity index (χ0v) is 11.9. The Morgan fingerprint density at radius 2 is 1.80 bits per heavy atom. The van der Waals surface area contributed by atoms with Gasteiger partial charge in [0.15, 0.2) is 0 Å². The average molecular weight is 277 g/mol. The molecule has 1 saturated carbocycles. The summed E-state index contributed by atoms with van der Waals surface area (Å²) in [6, 6.07) is 6.65. The van der Waals surface area contributed by atoms with Gasteiger partial charge in [0.1, 0.15) is 5.82 Å². The Kier molecular flexibility index (Phi) is 4.23. The first-order valence-electron chi connectivity index (χ1n) is 6.80. The Bertz CT molecular complexity index is 510. The Morgan fingerprint density at radius 3 is 2.25 bits per heavy atom. The summed E-state index contributed by atoms with van der Waals surface area (Å²) in [7, 11) is 4.05. The molecule has 0 aliphatic heterocycles. The summed E-state index contributed by atoms with van der Waals surface area (Å²) >= 11 is 0. The molecule has 0 radical (unpaired) electrons. The fourth-order valence-electron chi connectivity index (χ4n) is 3.06. The second-order valence-corrected chi connectivity index (χ2v) is 5.57. The van der Waals surface area contributed by atoms with Crippen LogP contribution in [0.25, 0.3) is 0 Å². The van der Waals surface area contributed by atoms with Crippen molar-refractivity contribution in [2.45, 2.75) is 31.2 Å². The van der Waals surface area contributed by atoms with Crippen molar-refractivity contribution in [3.63, 3.8) is 0 Å². The Hall–Kier alpha value is -1.68. The summed E-state index contributed by atoms with van der Waals surface area (Å²) < 4.78 is 13.1. The second kappa shape index (κ2) is 5.75. The van der Waals surface area contributed by atoms with Crippen LogP contribution in [0.3, 0.4) is 0 Å². The van der Waals surface area contributed by atoms with E-state index >= 15 is 0 Å². The first-order chi connectivity index (χ1) is 9.44. The van der Waals surface area contributed by atoms with Crippen LogP contribution in [0.5, 0.6) is 0 Å². The van der Waals surface area contributed by atoms with Gasteiger partial charge in [-0.1, -0.05) is 17.7 Å². The minimum absolute atomic E-state index is 0.135. The number of hydrogen-bond donors (Lipinski definition) is 1. The lowest BCUT2D eigenvalue weighted by Crippen LogP contribution is -2.43. The van der Waals surface area contributed by atoms with Gasteiger partial charge in [0, 0.05) is 11.6 Å². The normalized spacial score (nSPS) is 22.9. The highest BCUT2D eigenvalue weighted by Crippen LogP contribution is 2.42. The second-order valence-electron chi connectivity index (χ2n) is 5.57. The van der Waals surface area contributed by atoms with Crippen LogP contribution in [0.1, 0.15) is 31.2 Å². The molecular weight excluding hydrogens is 257 g/mol. The maximum atomic E-state index is 13.1. The molecule has 2 rings (SSSR count). The third-order valence-corrected chi connectivity index (χ3v) is 4.28. The molecule has 1 aromatic carbocycles. The molecule has 1 aromatic rings. The van der Waals surface area contributed by atoms with Crippen LogP contribution < -0.4 is 0 Å². The number of aliphatic carboxylic acids is 1. The standard InChI is InChI=1S/C16H20FNO2/c1-18(2)16(13-3-5-14(17)6-4-13)9-7-12(8-10-16)11-15(19)20/h3-6,11H,7-10H2,1-2H3,(H,19,20). The van der Waals surface area contributed by atoms with Crippen LogP contribution in [0.15, 0.2) is 35.9 Å². The van der Waals surface area contributed by atoms with Gasteiger partial charge in [-0.3, -0.25) is 4.90 Å². The van der Waals surface area contributed by atoms with E-state index in [0.717, 1.165) is 36.8 Å². The highest BCUT2D eigenvalue weighted by atomic mass is 19.1. The SMILES string of the molecule is CN(C)C1(c2ccc(F)cc2)CCC(=CC(=O)O)CC1. The third kappa shape index (κ3) is 2.90. The van der Waals surface area contributed by atoms with Crippen molar-refractivity contribution < 1.29 is 14.3 Å². The molecule has 3 nitrogen and oxygen atoms in total. The van der Waals surface area contributed by atoms with Gasteiger partial charge >= 0.3 is 5.97 Å². The number of rotatable bonds is 3. The molecule has 0 aromatic heterocycles. The highest BCUT2D eigenvalue weighted by molar-refractivity contribution is 5.80. The van der Waals surface area contributed by atoms with E-state index in [2.05, 4.69) is 4.90 Å². The number of halogens is 1. The molecule has 1 aliphatic carbocycles. The molecule has 1 fully saturated rings. The van der Waals surface area contributed by atoms with Crippen LogP contribution in [0.4, 0.5) is 4.39 Å². The van der Waals surface area contributed by atoms with E-state index in [1.54, 1.807) is 0 Å². The zero-order valence-electron chi connectivity index (χ0n) is 11.9. The number of allylic oxidation sites excluding steroid dienone is 1. The minimum Gasteiger partial charge on any atom is -0.478 e. The molecule has 0 bridgehead atoms. The van der Waals surface area contributed by atoms with Crippen molar-refractivity contribution in [1.29, 1.82) is 0 Å². The van der Waals surface area contributed by atoms with Gasteiger partial charge in [0.25, 0.3) is 0 Å². The number of carbonyl (C=O) groups is 1. The van der Waals surface area contributed by atoms with Crippen molar-refractivity contribution in [3.05, 3.63) is 47.3 Å². The van der Waals surface area contributed by atoms with Crippen molar-refractivity contribution in [1.82, 2.24) is 4.90 Å². The van der Waals surface area contributed by atoms with E-state index in [9.17, 15) is 9.18 Å². The lowest BCUT2D eigenvalue weighted by atomic mass is 9.74. The predicted octanol–water partition coefficient (Wildman–Crippen LogP) is 3.17. The van der Waals surface area contributed by atoms with Gasteiger partial charge < -0.3 is 5.11 Å². The van der Waals surface area contributed by atoms with Crippen molar-refractivity contribution in [3.8, 4) is 0 Å². The van der Waals surface area contributed by atoms with Gasteiger partial charge in [-0.25, -0.2) is 9.18 Å². The predicted molar refractivity (Wildman–Crippen MR) is 76.0 cm³/mol. The fourth-order valence-corrected chi connectivity index (χ4v) is 3.06. The smallest absolute Gasteiger partial charge is 0.328 e. The van der Waals surface area contributed by atoms with Gasteiger partial charge in [-0.2, -0.15) is 0 Å². The van der Waals surface area contributed by atoms with E-state index in [1.807, 2.05) is 26.2 Å². The highest BCUT2D eigenvalue weighted by Gasteiger charge is 2.37. The van der Waals surface area contributed by atoms with Crippen LogP contribution in [-0.2, 0) is 10.3 Å². The first-order valence-corrected chi connectivity index (χ1v) is 6.80. The Balaban J connectivity index is 2.26. The van der Waals surface area contributed by atoms with Crippen LogP contribution >= 0.6 is 0 Å². The van der Waals surface area contributed by atoms with E-state index in [0.29, 0.717) is 0 Å². The minimum atomic E-state index is -0.876. The molecule has 1 aliphatic rings. The van der Waals surface area contributed by atoms with Crippen LogP contribution in [0.2, 0.25) is 0 Å². The number of carboxylic acids is 1. The molecule has 0 heterocycles. The van der Waals surface area contributed by atoms with E-state index in [4.69, 9.17) is 5.11 Å². The van der Waals surface area contributed by atoms with Gasteiger partial charge in [0.05, 0.1) is 0 Å². The molecule has 20 heavy (non-hydrogen) atoms. The van der Waals surface area contributed by atoms with Gasteiger partial charge in [0.2, 0.25) is 0 Å². The average Bonchev–Trinajstić information content (AvgIpc) is 2.40. The Labute approximate surface area is 118 Å². The quantitative estimate of drug-likeness (QED) is 0.863. The van der Waals surface area contributed by atoms with Crippen LogP contribution in [-0.4, -0.2) is 30.1 Å². The van der Waals surface area contributed by atoms with Gasteiger partial charge in [-0.05, 0) is 57.5 Å². The largest absolute Gasteiger partial charge is 0.478 e. The zero-order chi connectivity index (χ0) is 14.8. The monoisotopic (exact) mass is 277 g/mol. The van der Waals surface area contributed by atoms with E-state index < -0.39 is 5.97 Å². The summed E-state index contributed by atoms with van der Waals surface area (Å²) in [6.07, 6.45) is 4.56. The first kappa shape index (κ1) is 14.7. The molecule has 0 saturated heterocycles. The lowest BCUT2D eigenvalue weighted by molar-refractivity contribution is -0.131. The summed E-state index contributed by atoms with van der Waals surface area (Å²) in [4.78, 5) is 12.9. The topological polar surface area (TPSA) is 40.5 Å². The summed E-state index contributed by atoms with van der Waals surface area (Å²) in [5, 5.41) is 8.82. The number of benzene rings is 1. The maximum Gasteiger partial charge on any atom is 0.328 e. The van der Waals surface area contributed by atoms with E-state index in [-0.39, 0.29) is 11.4 Å². The van der Waals surface area contributed by atoms with Crippen molar-refractivity contribution in [2.75, 3.05) is 14.1 Å². The molecule has 0 amide bonds. The summed E-state index contributed by atoms with van der Waals surface area (Å²) in [5.74, 6) is -1.11. The number of carboxylic acid groups (broad SMARTS) is 1. The Morgan fingerprint density at radius 1 is 1.25 bits per heavy atom. The maximum absolute atomic E-state index is 13.1. The van der Waals surface area contributed by atoms with Gasteiger partial charge in [-0.15, -0.1) is 0 Å². The summed E-state index contributed by atoms with van der Waals surface area (Å²) in [5.41, 5.74) is 1.94. The van der Waals surface area contributed by atoms with E-state index in [1.165, 1.54) is 18.2 Å². The molecule has 1 N–H and O–H groups in total. The van der Waals surface area contributed by atoms with Crippen molar-refractivity contribution >= 4 is 5.97 Å². The lowest BCUT2D eigenvalue weighted by Gasteiger charge is -2.44. The molecule has 0 atom stereocenters. The molecule has 108 valence electrons. The third-order valence-electron chi connectivity index (χ3n) is 4.28. The van der Waals surface area contributed by atoms with Crippen molar-refractivity contribution in [2.24, 2.45) is 0 Å². The molecule has 4 heteroatoms. The number of hydrogen-bond acceptors (Lipinski definition) is 2.